The van der Waals surface area contributed by atoms with Crippen molar-refractivity contribution in [2.75, 3.05) is 26.6 Å². The van der Waals surface area contributed by atoms with Crippen molar-refractivity contribution < 1.29 is 14.3 Å². The van der Waals surface area contributed by atoms with Crippen molar-refractivity contribution in [2.24, 2.45) is 0 Å². The summed E-state index contributed by atoms with van der Waals surface area (Å²) in [5, 5.41) is 10.4. The van der Waals surface area contributed by atoms with Crippen LogP contribution in [0.2, 0.25) is 0 Å². The molecule has 0 aliphatic rings. The number of hydrogen-bond acceptors (Lipinski definition) is 6. The summed E-state index contributed by atoms with van der Waals surface area (Å²) in [5.41, 5.74) is 0.906. The van der Waals surface area contributed by atoms with Crippen molar-refractivity contribution in [3.8, 4) is 17.1 Å². The highest BCUT2D eigenvalue weighted by Crippen LogP contribution is 2.21. The third-order valence-corrected chi connectivity index (χ3v) is 3.83. The second kappa shape index (κ2) is 8.54. The Bertz CT molecular complexity index is 630. The molecule has 1 aromatic heterocycles. The number of aromatic amines is 1. The first-order valence-electron chi connectivity index (χ1n) is 7.10. The van der Waals surface area contributed by atoms with Gasteiger partial charge in [-0.05, 0) is 31.2 Å². The van der Waals surface area contributed by atoms with Crippen molar-refractivity contribution >= 4 is 17.7 Å². The van der Waals surface area contributed by atoms with Crippen LogP contribution in [-0.2, 0) is 9.53 Å². The van der Waals surface area contributed by atoms with E-state index >= 15 is 0 Å². The third-order valence-electron chi connectivity index (χ3n) is 2.98. The average Bonchev–Trinajstić information content (AvgIpc) is 3.02. The standard InChI is InChI=1S/C15H20N4O3S/c1-10(8-21-2)16-13(20)9-23-15-17-14(18-19-15)11-4-6-12(22-3)7-5-11/h4-7,10H,8-9H2,1-3H3,(H,16,20)(H,17,18,19)/t10-/m1/s1. The van der Waals surface area contributed by atoms with Crippen LogP contribution in [0.4, 0.5) is 0 Å². The van der Waals surface area contributed by atoms with E-state index in [0.29, 0.717) is 17.6 Å². The zero-order valence-electron chi connectivity index (χ0n) is 13.3. The number of thioether (sulfide) groups is 1. The first-order valence-corrected chi connectivity index (χ1v) is 8.09. The molecule has 0 spiro atoms. The quantitative estimate of drug-likeness (QED) is 0.714. The molecule has 2 aromatic rings. The van der Waals surface area contributed by atoms with Gasteiger partial charge >= 0.3 is 0 Å². The summed E-state index contributed by atoms with van der Waals surface area (Å²) in [7, 11) is 3.22. The topological polar surface area (TPSA) is 89.1 Å². The van der Waals surface area contributed by atoms with Crippen LogP contribution in [-0.4, -0.2) is 53.7 Å². The van der Waals surface area contributed by atoms with Crippen LogP contribution in [0.3, 0.4) is 0 Å². The Balaban J connectivity index is 1.88. The van der Waals surface area contributed by atoms with Crippen molar-refractivity contribution in [1.82, 2.24) is 20.5 Å². The molecule has 2 N–H and O–H groups in total. The monoisotopic (exact) mass is 336 g/mol. The van der Waals surface area contributed by atoms with E-state index in [2.05, 4.69) is 20.5 Å². The minimum Gasteiger partial charge on any atom is -0.497 e. The minimum atomic E-state index is -0.0738. The SMILES string of the molecule is COC[C@@H](C)NC(=O)CSc1n[nH]c(-c2ccc(OC)cc2)n1. The fraction of sp³-hybridized carbons (Fsp3) is 0.400. The largest absolute Gasteiger partial charge is 0.497 e. The summed E-state index contributed by atoms with van der Waals surface area (Å²) >= 11 is 1.28. The van der Waals surface area contributed by atoms with E-state index in [1.54, 1.807) is 14.2 Å². The fourth-order valence-corrected chi connectivity index (χ4v) is 2.54. The van der Waals surface area contributed by atoms with Crippen molar-refractivity contribution in [2.45, 2.75) is 18.1 Å². The summed E-state index contributed by atoms with van der Waals surface area (Å²) in [6.07, 6.45) is 0. The van der Waals surface area contributed by atoms with Gasteiger partial charge in [0.25, 0.3) is 0 Å². The zero-order valence-corrected chi connectivity index (χ0v) is 14.1. The lowest BCUT2D eigenvalue weighted by Crippen LogP contribution is -2.36. The van der Waals surface area contributed by atoms with Crippen LogP contribution in [0.1, 0.15) is 6.92 Å². The predicted molar refractivity (Wildman–Crippen MR) is 88.6 cm³/mol. The highest BCUT2D eigenvalue weighted by Gasteiger charge is 2.11. The van der Waals surface area contributed by atoms with E-state index in [0.717, 1.165) is 11.3 Å². The molecule has 0 aliphatic carbocycles. The van der Waals surface area contributed by atoms with E-state index in [1.807, 2.05) is 31.2 Å². The maximum Gasteiger partial charge on any atom is 0.230 e. The maximum absolute atomic E-state index is 11.8. The summed E-state index contributed by atoms with van der Waals surface area (Å²) in [6, 6.07) is 7.49. The van der Waals surface area contributed by atoms with E-state index in [4.69, 9.17) is 9.47 Å². The van der Waals surface area contributed by atoms with Crippen LogP contribution >= 0.6 is 11.8 Å². The zero-order chi connectivity index (χ0) is 16.7. The second-order valence-corrected chi connectivity index (χ2v) is 5.85. The molecule has 1 atom stereocenters. The molecule has 23 heavy (non-hydrogen) atoms. The van der Waals surface area contributed by atoms with Crippen molar-refractivity contribution in [3.63, 3.8) is 0 Å². The number of H-pyrrole nitrogens is 1. The van der Waals surface area contributed by atoms with Crippen LogP contribution in [0.25, 0.3) is 11.4 Å². The number of ether oxygens (including phenoxy) is 2. The number of hydrogen-bond donors (Lipinski definition) is 2. The molecule has 8 heteroatoms. The summed E-state index contributed by atoms with van der Waals surface area (Å²) in [4.78, 5) is 16.2. The number of aromatic nitrogens is 3. The second-order valence-electron chi connectivity index (χ2n) is 4.91. The highest BCUT2D eigenvalue weighted by atomic mass is 32.2. The van der Waals surface area contributed by atoms with Gasteiger partial charge in [0.2, 0.25) is 11.1 Å². The molecule has 0 saturated carbocycles. The van der Waals surface area contributed by atoms with Gasteiger partial charge < -0.3 is 14.8 Å². The Hall–Kier alpha value is -2.06. The van der Waals surface area contributed by atoms with E-state index in [1.165, 1.54) is 11.8 Å². The molecule has 1 aromatic carbocycles. The molecule has 0 radical (unpaired) electrons. The number of methoxy groups -OCH3 is 2. The lowest BCUT2D eigenvalue weighted by molar-refractivity contribution is -0.119. The molecule has 0 fully saturated rings. The fourth-order valence-electron chi connectivity index (χ4n) is 1.93. The molecule has 7 nitrogen and oxygen atoms in total. The lowest BCUT2D eigenvalue weighted by Gasteiger charge is -2.11. The number of carbonyl (C=O) groups excluding carboxylic acids is 1. The average molecular weight is 336 g/mol. The van der Waals surface area contributed by atoms with Crippen molar-refractivity contribution in [3.05, 3.63) is 24.3 Å². The molecule has 124 valence electrons. The van der Waals surface area contributed by atoms with Crippen LogP contribution in [0.5, 0.6) is 5.75 Å². The third kappa shape index (κ3) is 5.26. The number of carbonyl (C=O) groups is 1. The lowest BCUT2D eigenvalue weighted by atomic mass is 10.2. The van der Waals surface area contributed by atoms with Gasteiger partial charge in [-0.15, -0.1) is 5.10 Å². The maximum atomic E-state index is 11.8. The number of benzene rings is 1. The number of rotatable bonds is 8. The van der Waals surface area contributed by atoms with Gasteiger partial charge in [-0.1, -0.05) is 11.8 Å². The number of nitrogens with one attached hydrogen (secondary N) is 2. The number of nitrogens with zero attached hydrogens (tertiary/aromatic N) is 2. The Labute approximate surface area is 139 Å². The highest BCUT2D eigenvalue weighted by molar-refractivity contribution is 7.99. The predicted octanol–water partition coefficient (Wildman–Crippen LogP) is 1.72. The summed E-state index contributed by atoms with van der Waals surface area (Å²) < 4.78 is 10.1. The first-order chi connectivity index (χ1) is 11.1. The van der Waals surface area contributed by atoms with Gasteiger partial charge in [0.05, 0.1) is 19.5 Å². The summed E-state index contributed by atoms with van der Waals surface area (Å²) in [5.74, 6) is 1.62. The first kappa shape index (κ1) is 17.3. The molecule has 2 rings (SSSR count). The Kier molecular flexibility index (Phi) is 6.42. The van der Waals surface area contributed by atoms with Crippen molar-refractivity contribution in [1.29, 1.82) is 0 Å². The molecule has 0 aliphatic heterocycles. The number of amides is 1. The van der Waals surface area contributed by atoms with Crippen LogP contribution < -0.4 is 10.1 Å². The smallest absolute Gasteiger partial charge is 0.230 e. The molecule has 1 heterocycles. The van der Waals surface area contributed by atoms with E-state index in [9.17, 15) is 4.79 Å². The molecule has 0 saturated heterocycles. The Morgan fingerprint density at radius 1 is 1.35 bits per heavy atom. The molecular formula is C15H20N4O3S. The van der Waals surface area contributed by atoms with Crippen LogP contribution in [0, 0.1) is 0 Å². The van der Waals surface area contributed by atoms with Gasteiger partial charge in [-0.2, -0.15) is 0 Å². The van der Waals surface area contributed by atoms with Gasteiger partial charge in [0.15, 0.2) is 5.82 Å². The molecule has 0 bridgehead atoms. The summed E-state index contributed by atoms with van der Waals surface area (Å²) in [6.45, 7) is 2.37. The molecule has 0 unspecified atom stereocenters. The Morgan fingerprint density at radius 3 is 2.74 bits per heavy atom. The molecule has 1 amide bonds. The molecular weight excluding hydrogens is 316 g/mol. The van der Waals surface area contributed by atoms with Gasteiger partial charge in [0, 0.05) is 18.7 Å². The normalized spacial score (nSPS) is 12.0. The van der Waals surface area contributed by atoms with Gasteiger partial charge in [-0.3, -0.25) is 9.89 Å². The van der Waals surface area contributed by atoms with E-state index in [-0.39, 0.29) is 17.7 Å². The minimum absolute atomic E-state index is 0.0184. The van der Waals surface area contributed by atoms with Crippen LogP contribution in [0.15, 0.2) is 29.4 Å². The van der Waals surface area contributed by atoms with Gasteiger partial charge in [0.1, 0.15) is 5.75 Å². The van der Waals surface area contributed by atoms with Gasteiger partial charge in [-0.25, -0.2) is 4.98 Å². The van der Waals surface area contributed by atoms with E-state index < -0.39 is 0 Å². The Morgan fingerprint density at radius 2 is 2.09 bits per heavy atom.